The summed E-state index contributed by atoms with van der Waals surface area (Å²) in [6, 6.07) is 7.55. The number of nitrogens with one attached hydrogen (secondary N) is 1. The van der Waals surface area contributed by atoms with E-state index in [1.165, 1.54) is 6.33 Å². The van der Waals surface area contributed by atoms with E-state index in [1.54, 1.807) is 11.0 Å². The van der Waals surface area contributed by atoms with E-state index in [0.717, 1.165) is 17.7 Å². The highest BCUT2D eigenvalue weighted by molar-refractivity contribution is 5.90. The van der Waals surface area contributed by atoms with Crippen molar-refractivity contribution < 1.29 is 4.79 Å². The number of hydrogen-bond donors (Lipinski definition) is 2. The molecular weight excluding hydrogens is 242 g/mol. The second-order valence-corrected chi connectivity index (χ2v) is 4.21. The third-order valence-electron chi connectivity index (χ3n) is 2.70. The van der Waals surface area contributed by atoms with Gasteiger partial charge in [-0.05, 0) is 24.1 Å². The van der Waals surface area contributed by atoms with Crippen molar-refractivity contribution in [3.05, 3.63) is 42.5 Å². The van der Waals surface area contributed by atoms with Crippen LogP contribution in [-0.2, 0) is 17.9 Å². The van der Waals surface area contributed by atoms with Gasteiger partial charge in [-0.1, -0.05) is 12.1 Å². The third-order valence-corrected chi connectivity index (χ3v) is 2.70. The average molecular weight is 259 g/mol. The second-order valence-electron chi connectivity index (χ2n) is 4.21. The van der Waals surface area contributed by atoms with Gasteiger partial charge in [0, 0.05) is 25.2 Å². The van der Waals surface area contributed by atoms with Crippen LogP contribution >= 0.6 is 0 Å². The number of nitrogens with zero attached hydrogens (tertiary/aromatic N) is 3. The van der Waals surface area contributed by atoms with E-state index < -0.39 is 0 Å². The summed E-state index contributed by atoms with van der Waals surface area (Å²) < 4.78 is 1.71. The SMILES string of the molecule is NCc1cccc(NC(=O)CCCn2cncn2)c1. The Kier molecular flexibility index (Phi) is 4.63. The molecule has 0 saturated heterocycles. The quantitative estimate of drug-likeness (QED) is 0.815. The number of amides is 1. The first-order chi connectivity index (χ1) is 9.28. The number of rotatable bonds is 6. The van der Waals surface area contributed by atoms with Crippen LogP contribution in [0.3, 0.4) is 0 Å². The first-order valence-electron chi connectivity index (χ1n) is 6.19. The number of anilines is 1. The number of aromatic nitrogens is 3. The summed E-state index contributed by atoms with van der Waals surface area (Å²) in [6.07, 6.45) is 4.31. The van der Waals surface area contributed by atoms with Crippen molar-refractivity contribution in [1.29, 1.82) is 0 Å². The Balaban J connectivity index is 1.77. The molecule has 1 aromatic heterocycles. The lowest BCUT2D eigenvalue weighted by molar-refractivity contribution is -0.116. The number of benzene rings is 1. The van der Waals surface area contributed by atoms with Gasteiger partial charge in [0.25, 0.3) is 0 Å². The lowest BCUT2D eigenvalue weighted by atomic mass is 10.2. The predicted octanol–water partition coefficient (Wildman–Crippen LogP) is 1.16. The lowest BCUT2D eigenvalue weighted by Gasteiger charge is -2.06. The van der Waals surface area contributed by atoms with Gasteiger partial charge in [-0.25, -0.2) is 4.98 Å². The summed E-state index contributed by atoms with van der Waals surface area (Å²) in [5.74, 6) is -0.00529. The monoisotopic (exact) mass is 259 g/mol. The van der Waals surface area contributed by atoms with Crippen molar-refractivity contribution in [2.75, 3.05) is 5.32 Å². The summed E-state index contributed by atoms with van der Waals surface area (Å²) in [7, 11) is 0. The lowest BCUT2D eigenvalue weighted by Crippen LogP contribution is -2.13. The summed E-state index contributed by atoms with van der Waals surface area (Å²) >= 11 is 0. The summed E-state index contributed by atoms with van der Waals surface area (Å²) in [4.78, 5) is 15.6. The molecule has 1 heterocycles. The van der Waals surface area contributed by atoms with Crippen LogP contribution in [0.1, 0.15) is 18.4 Å². The average Bonchev–Trinajstić information content (AvgIpc) is 2.92. The van der Waals surface area contributed by atoms with Crippen molar-refractivity contribution in [2.24, 2.45) is 5.73 Å². The van der Waals surface area contributed by atoms with E-state index in [4.69, 9.17) is 5.73 Å². The molecule has 0 aliphatic carbocycles. The maximum Gasteiger partial charge on any atom is 0.224 e. The molecule has 2 aromatic rings. The number of hydrogen-bond acceptors (Lipinski definition) is 4. The Labute approximate surface area is 111 Å². The minimum absolute atomic E-state index is 0.00529. The number of carbonyl (C=O) groups is 1. The maximum atomic E-state index is 11.8. The molecule has 2 rings (SSSR count). The highest BCUT2D eigenvalue weighted by Crippen LogP contribution is 2.10. The molecule has 0 aliphatic heterocycles. The van der Waals surface area contributed by atoms with Gasteiger partial charge in [0.15, 0.2) is 0 Å². The van der Waals surface area contributed by atoms with Crippen LogP contribution in [-0.4, -0.2) is 20.7 Å². The van der Waals surface area contributed by atoms with E-state index in [-0.39, 0.29) is 5.91 Å². The molecule has 3 N–H and O–H groups in total. The molecule has 0 saturated carbocycles. The molecule has 0 spiro atoms. The highest BCUT2D eigenvalue weighted by Gasteiger charge is 2.03. The van der Waals surface area contributed by atoms with Gasteiger partial charge >= 0.3 is 0 Å². The molecule has 1 aromatic carbocycles. The fourth-order valence-electron chi connectivity index (χ4n) is 1.75. The van der Waals surface area contributed by atoms with Crippen LogP contribution in [0.4, 0.5) is 5.69 Å². The molecule has 0 fully saturated rings. The largest absolute Gasteiger partial charge is 0.326 e. The second kappa shape index (κ2) is 6.65. The van der Waals surface area contributed by atoms with Crippen LogP contribution < -0.4 is 11.1 Å². The topological polar surface area (TPSA) is 85.8 Å². The Hall–Kier alpha value is -2.21. The van der Waals surface area contributed by atoms with Crippen molar-refractivity contribution in [2.45, 2.75) is 25.9 Å². The van der Waals surface area contributed by atoms with Gasteiger partial charge in [-0.3, -0.25) is 9.48 Å². The molecule has 1 amide bonds. The van der Waals surface area contributed by atoms with Crippen LogP contribution in [0.15, 0.2) is 36.9 Å². The Bertz CT molecular complexity index is 524. The molecule has 6 heteroatoms. The van der Waals surface area contributed by atoms with Crippen molar-refractivity contribution in [1.82, 2.24) is 14.8 Å². The van der Waals surface area contributed by atoms with Crippen molar-refractivity contribution in [3.8, 4) is 0 Å². The molecule has 0 atom stereocenters. The van der Waals surface area contributed by atoms with Gasteiger partial charge in [-0.2, -0.15) is 5.10 Å². The maximum absolute atomic E-state index is 11.8. The third kappa shape index (κ3) is 4.18. The van der Waals surface area contributed by atoms with Crippen LogP contribution in [0.5, 0.6) is 0 Å². The fourth-order valence-corrected chi connectivity index (χ4v) is 1.75. The van der Waals surface area contributed by atoms with Crippen LogP contribution in [0, 0.1) is 0 Å². The molecule has 0 bridgehead atoms. The Morgan fingerprint density at radius 3 is 3.05 bits per heavy atom. The van der Waals surface area contributed by atoms with Crippen LogP contribution in [0.2, 0.25) is 0 Å². The van der Waals surface area contributed by atoms with E-state index in [1.807, 2.05) is 24.3 Å². The van der Waals surface area contributed by atoms with E-state index in [9.17, 15) is 4.79 Å². The smallest absolute Gasteiger partial charge is 0.224 e. The molecule has 19 heavy (non-hydrogen) atoms. The molecule has 0 aliphatic rings. The first kappa shape index (κ1) is 13.2. The van der Waals surface area contributed by atoms with E-state index >= 15 is 0 Å². The van der Waals surface area contributed by atoms with E-state index in [2.05, 4.69) is 15.4 Å². The van der Waals surface area contributed by atoms with Gasteiger partial charge in [-0.15, -0.1) is 0 Å². The zero-order valence-electron chi connectivity index (χ0n) is 10.6. The fraction of sp³-hybridized carbons (Fsp3) is 0.308. The summed E-state index contributed by atoms with van der Waals surface area (Å²) in [5.41, 5.74) is 7.34. The predicted molar refractivity (Wildman–Crippen MR) is 72.2 cm³/mol. The first-order valence-corrected chi connectivity index (χ1v) is 6.19. The Morgan fingerprint density at radius 2 is 2.32 bits per heavy atom. The zero-order valence-corrected chi connectivity index (χ0v) is 10.6. The number of carbonyl (C=O) groups excluding carboxylic acids is 1. The van der Waals surface area contributed by atoms with Crippen molar-refractivity contribution in [3.63, 3.8) is 0 Å². The highest BCUT2D eigenvalue weighted by atomic mass is 16.1. The zero-order chi connectivity index (χ0) is 13.5. The minimum atomic E-state index is -0.00529. The molecular formula is C13H17N5O. The standard InChI is InChI=1S/C13H17N5O/c14-8-11-3-1-4-12(7-11)17-13(19)5-2-6-18-10-15-9-16-18/h1,3-4,7,9-10H,2,5-6,8,14H2,(H,17,19). The molecule has 0 unspecified atom stereocenters. The minimum Gasteiger partial charge on any atom is -0.326 e. The van der Waals surface area contributed by atoms with E-state index in [0.29, 0.717) is 19.5 Å². The number of aryl methyl sites for hydroxylation is 1. The van der Waals surface area contributed by atoms with Gasteiger partial charge in [0.05, 0.1) is 0 Å². The normalized spacial score (nSPS) is 10.4. The van der Waals surface area contributed by atoms with Crippen molar-refractivity contribution >= 4 is 11.6 Å². The molecule has 0 radical (unpaired) electrons. The van der Waals surface area contributed by atoms with Gasteiger partial charge in [0.1, 0.15) is 12.7 Å². The Morgan fingerprint density at radius 1 is 1.42 bits per heavy atom. The molecule has 100 valence electrons. The molecule has 6 nitrogen and oxygen atoms in total. The summed E-state index contributed by atoms with van der Waals surface area (Å²) in [5, 5.41) is 6.84. The summed E-state index contributed by atoms with van der Waals surface area (Å²) in [6.45, 7) is 1.16. The van der Waals surface area contributed by atoms with Gasteiger partial charge < -0.3 is 11.1 Å². The van der Waals surface area contributed by atoms with Crippen LogP contribution in [0.25, 0.3) is 0 Å². The number of nitrogens with two attached hydrogens (primary N) is 1. The van der Waals surface area contributed by atoms with Gasteiger partial charge in [0.2, 0.25) is 5.91 Å².